The van der Waals surface area contributed by atoms with E-state index in [1.807, 2.05) is 12.3 Å². The van der Waals surface area contributed by atoms with Gasteiger partial charge in [0.2, 0.25) is 0 Å². The van der Waals surface area contributed by atoms with Crippen molar-refractivity contribution in [1.82, 2.24) is 15.3 Å². The van der Waals surface area contributed by atoms with Gasteiger partial charge in [0.05, 0.1) is 6.10 Å². The van der Waals surface area contributed by atoms with Crippen molar-refractivity contribution in [1.29, 1.82) is 0 Å². The van der Waals surface area contributed by atoms with Crippen molar-refractivity contribution in [2.24, 2.45) is 5.92 Å². The molecule has 3 rings (SSSR count). The zero-order valence-corrected chi connectivity index (χ0v) is 9.69. The molecule has 4 nitrogen and oxygen atoms in total. The van der Waals surface area contributed by atoms with E-state index in [-0.39, 0.29) is 6.10 Å². The minimum atomic E-state index is -0.182. The summed E-state index contributed by atoms with van der Waals surface area (Å²) in [6, 6.07) is 4.01. The number of aliphatic hydroxyl groups is 1. The third-order valence-electron chi connectivity index (χ3n) is 3.37. The van der Waals surface area contributed by atoms with Gasteiger partial charge in [-0.2, -0.15) is 0 Å². The summed E-state index contributed by atoms with van der Waals surface area (Å²) in [5.41, 5.74) is 2.13. The van der Waals surface area contributed by atoms with Crippen molar-refractivity contribution in [3.8, 4) is 0 Å². The molecule has 0 aliphatic heterocycles. The van der Waals surface area contributed by atoms with Crippen LogP contribution in [0.25, 0.3) is 11.0 Å². The molecule has 1 fully saturated rings. The number of rotatable bonds is 5. The van der Waals surface area contributed by atoms with Crippen LogP contribution in [-0.4, -0.2) is 27.7 Å². The molecule has 1 saturated carbocycles. The normalized spacial score (nSPS) is 17.5. The van der Waals surface area contributed by atoms with Crippen molar-refractivity contribution >= 4 is 11.0 Å². The summed E-state index contributed by atoms with van der Waals surface area (Å²) in [5.74, 6) is 0.534. The van der Waals surface area contributed by atoms with E-state index >= 15 is 0 Å². The molecule has 90 valence electrons. The zero-order valence-electron chi connectivity index (χ0n) is 9.69. The Kier molecular flexibility index (Phi) is 2.82. The highest BCUT2D eigenvalue weighted by Gasteiger charge is 2.29. The molecule has 3 N–H and O–H groups in total. The number of aliphatic hydroxyl groups excluding tert-OH is 1. The summed E-state index contributed by atoms with van der Waals surface area (Å²) < 4.78 is 0. The molecule has 0 saturated heterocycles. The summed E-state index contributed by atoms with van der Waals surface area (Å²) in [7, 11) is 0. The number of nitrogens with one attached hydrogen (secondary N) is 2. The fourth-order valence-corrected chi connectivity index (χ4v) is 2.16. The predicted octanol–water partition coefficient (Wildman–Crippen LogP) is 1.42. The topological polar surface area (TPSA) is 60.9 Å². The molecule has 2 aromatic rings. The molecule has 0 spiro atoms. The molecule has 2 heterocycles. The molecule has 1 aliphatic rings. The van der Waals surface area contributed by atoms with E-state index in [4.69, 9.17) is 0 Å². The maximum Gasteiger partial charge on any atom is 0.137 e. The molecule has 0 amide bonds. The van der Waals surface area contributed by atoms with E-state index in [1.165, 1.54) is 18.4 Å². The average molecular weight is 231 g/mol. The van der Waals surface area contributed by atoms with Crippen LogP contribution < -0.4 is 5.32 Å². The van der Waals surface area contributed by atoms with Crippen LogP contribution in [0.5, 0.6) is 0 Å². The number of hydrogen-bond acceptors (Lipinski definition) is 3. The van der Waals surface area contributed by atoms with E-state index in [2.05, 4.69) is 21.4 Å². The molecule has 2 aromatic heterocycles. The van der Waals surface area contributed by atoms with Gasteiger partial charge in [-0.15, -0.1) is 0 Å². The molecule has 4 heteroatoms. The van der Waals surface area contributed by atoms with E-state index in [1.54, 1.807) is 6.20 Å². The minimum Gasteiger partial charge on any atom is -0.392 e. The van der Waals surface area contributed by atoms with Gasteiger partial charge in [0.25, 0.3) is 0 Å². The molecular weight excluding hydrogens is 214 g/mol. The minimum absolute atomic E-state index is 0.182. The second-order valence-electron chi connectivity index (χ2n) is 4.75. The standard InChI is InChI=1S/C13H17N3O/c17-12(9-3-4-9)8-14-6-10-7-16-13-11(10)2-1-5-15-13/h1-2,5,7,9,12,14,17H,3-4,6,8H2,(H,15,16). The SMILES string of the molecule is OC(CNCc1c[nH]c2ncccc12)C1CC1. The first-order chi connectivity index (χ1) is 8.34. The largest absolute Gasteiger partial charge is 0.392 e. The number of fused-ring (bicyclic) bond motifs is 1. The number of nitrogens with zero attached hydrogens (tertiary/aromatic N) is 1. The Bertz CT molecular complexity index is 504. The lowest BCUT2D eigenvalue weighted by atomic mass is 10.2. The predicted molar refractivity (Wildman–Crippen MR) is 66.5 cm³/mol. The summed E-state index contributed by atoms with van der Waals surface area (Å²) in [6.07, 6.45) is 5.94. The Morgan fingerprint density at radius 2 is 2.41 bits per heavy atom. The zero-order chi connectivity index (χ0) is 11.7. The Balaban J connectivity index is 1.60. The van der Waals surface area contributed by atoms with E-state index < -0.39 is 0 Å². The van der Waals surface area contributed by atoms with Crippen LogP contribution in [0.3, 0.4) is 0 Å². The monoisotopic (exact) mass is 231 g/mol. The second-order valence-corrected chi connectivity index (χ2v) is 4.75. The molecule has 1 aliphatic carbocycles. The molecule has 1 atom stereocenters. The van der Waals surface area contributed by atoms with Gasteiger partial charge in [-0.1, -0.05) is 0 Å². The maximum atomic E-state index is 9.75. The van der Waals surface area contributed by atoms with Crippen molar-refractivity contribution in [3.63, 3.8) is 0 Å². The number of pyridine rings is 1. The summed E-state index contributed by atoms with van der Waals surface area (Å²) in [6.45, 7) is 1.45. The maximum absolute atomic E-state index is 9.75. The van der Waals surface area contributed by atoms with E-state index in [0.29, 0.717) is 12.5 Å². The van der Waals surface area contributed by atoms with Gasteiger partial charge in [-0.25, -0.2) is 4.98 Å². The lowest BCUT2D eigenvalue weighted by molar-refractivity contribution is 0.148. The van der Waals surface area contributed by atoms with Crippen molar-refractivity contribution < 1.29 is 5.11 Å². The molecule has 0 aromatic carbocycles. The van der Waals surface area contributed by atoms with Gasteiger partial charge in [0.1, 0.15) is 5.65 Å². The number of aromatic amines is 1. The lowest BCUT2D eigenvalue weighted by Gasteiger charge is -2.09. The first-order valence-electron chi connectivity index (χ1n) is 6.14. The molecule has 17 heavy (non-hydrogen) atoms. The summed E-state index contributed by atoms with van der Waals surface area (Å²) in [4.78, 5) is 7.40. The van der Waals surface area contributed by atoms with Gasteiger partial charge in [0, 0.05) is 30.9 Å². The molecule has 0 bridgehead atoms. The Hall–Kier alpha value is -1.39. The fourth-order valence-electron chi connectivity index (χ4n) is 2.16. The molecular formula is C13H17N3O. The van der Waals surface area contributed by atoms with Crippen LogP contribution in [0, 0.1) is 5.92 Å². The third kappa shape index (κ3) is 2.33. The third-order valence-corrected chi connectivity index (χ3v) is 3.37. The van der Waals surface area contributed by atoms with Crippen molar-refractivity contribution in [3.05, 3.63) is 30.1 Å². The summed E-state index contributed by atoms with van der Waals surface area (Å²) in [5, 5.41) is 14.2. The van der Waals surface area contributed by atoms with Gasteiger partial charge in [0.15, 0.2) is 0 Å². The van der Waals surface area contributed by atoms with Gasteiger partial charge >= 0.3 is 0 Å². The first kappa shape index (κ1) is 10.7. The van der Waals surface area contributed by atoms with Crippen LogP contribution in [0.4, 0.5) is 0 Å². The fraction of sp³-hybridized carbons (Fsp3) is 0.462. The smallest absolute Gasteiger partial charge is 0.137 e. The van der Waals surface area contributed by atoms with E-state index in [0.717, 1.165) is 17.6 Å². The summed E-state index contributed by atoms with van der Waals surface area (Å²) >= 11 is 0. The van der Waals surface area contributed by atoms with Gasteiger partial charge in [-0.05, 0) is 36.5 Å². The van der Waals surface area contributed by atoms with Crippen molar-refractivity contribution in [2.75, 3.05) is 6.54 Å². The highest BCUT2D eigenvalue weighted by molar-refractivity contribution is 5.79. The van der Waals surface area contributed by atoms with Crippen LogP contribution in [0.1, 0.15) is 18.4 Å². The van der Waals surface area contributed by atoms with Gasteiger partial charge < -0.3 is 15.4 Å². The number of hydrogen-bond donors (Lipinski definition) is 3. The van der Waals surface area contributed by atoms with Crippen LogP contribution in [0.2, 0.25) is 0 Å². The first-order valence-corrected chi connectivity index (χ1v) is 6.14. The Morgan fingerprint density at radius 3 is 3.24 bits per heavy atom. The highest BCUT2D eigenvalue weighted by Crippen LogP contribution is 2.32. The van der Waals surface area contributed by atoms with Crippen LogP contribution in [-0.2, 0) is 6.54 Å². The Morgan fingerprint density at radius 1 is 1.53 bits per heavy atom. The van der Waals surface area contributed by atoms with Crippen LogP contribution in [0.15, 0.2) is 24.5 Å². The second kappa shape index (κ2) is 4.47. The van der Waals surface area contributed by atoms with Gasteiger partial charge in [-0.3, -0.25) is 0 Å². The highest BCUT2D eigenvalue weighted by atomic mass is 16.3. The average Bonchev–Trinajstić information content (AvgIpc) is 3.12. The van der Waals surface area contributed by atoms with Crippen molar-refractivity contribution in [2.45, 2.75) is 25.5 Å². The molecule has 0 radical (unpaired) electrons. The Labute approximate surface area is 100 Å². The number of aromatic nitrogens is 2. The molecule has 1 unspecified atom stereocenters. The van der Waals surface area contributed by atoms with Crippen LogP contribution >= 0.6 is 0 Å². The van der Waals surface area contributed by atoms with E-state index in [9.17, 15) is 5.11 Å². The quantitative estimate of drug-likeness (QED) is 0.729. The lowest BCUT2D eigenvalue weighted by Crippen LogP contribution is -2.27. The number of H-pyrrole nitrogens is 1.